The SMILES string of the molecule is CC1(C)c2ccccc2-c2cc(-c3ccc4c(c3)c3ccc(-c5cccc(-c6nc(-c7ccccc7)c7ccccc7n6)c5)cc3n4-c3cccc4ccccc34)ccc21. The molecule has 3 nitrogen and oxygen atoms in total. The Morgan fingerprint density at radius 3 is 1.95 bits per heavy atom. The minimum Gasteiger partial charge on any atom is -0.309 e. The minimum atomic E-state index is -0.0227. The normalized spacial score (nSPS) is 13.0. The van der Waals surface area contributed by atoms with Gasteiger partial charge >= 0.3 is 0 Å². The Morgan fingerprint density at radius 2 is 1.03 bits per heavy atom. The lowest BCUT2D eigenvalue weighted by atomic mass is 9.82. The quantitative estimate of drug-likeness (QED) is 0.175. The summed E-state index contributed by atoms with van der Waals surface area (Å²) in [7, 11) is 0. The smallest absolute Gasteiger partial charge is 0.160 e. The Kier molecular flexibility index (Phi) is 7.58. The summed E-state index contributed by atoms with van der Waals surface area (Å²) in [5.41, 5.74) is 17.6. The second kappa shape index (κ2) is 13.2. The van der Waals surface area contributed by atoms with E-state index >= 15 is 0 Å². The molecule has 12 rings (SSSR count). The Morgan fingerprint density at radius 1 is 0.383 bits per heavy atom. The summed E-state index contributed by atoms with van der Waals surface area (Å²) < 4.78 is 2.46. The zero-order valence-corrected chi connectivity index (χ0v) is 33.4. The summed E-state index contributed by atoms with van der Waals surface area (Å²) >= 11 is 0. The number of fused-ring (bicyclic) bond motifs is 8. The van der Waals surface area contributed by atoms with E-state index in [-0.39, 0.29) is 5.41 Å². The van der Waals surface area contributed by atoms with Crippen LogP contribution in [0.15, 0.2) is 200 Å². The molecule has 0 unspecified atom stereocenters. The number of benzene rings is 9. The van der Waals surface area contributed by atoms with Crippen molar-refractivity contribution in [1.29, 1.82) is 0 Å². The van der Waals surface area contributed by atoms with Crippen LogP contribution in [0, 0.1) is 0 Å². The van der Waals surface area contributed by atoms with Crippen molar-refractivity contribution in [3.63, 3.8) is 0 Å². The first-order valence-electron chi connectivity index (χ1n) is 20.7. The maximum absolute atomic E-state index is 5.19. The van der Waals surface area contributed by atoms with E-state index in [2.05, 4.69) is 206 Å². The molecule has 0 saturated carbocycles. The van der Waals surface area contributed by atoms with Crippen LogP contribution < -0.4 is 0 Å². The number of para-hydroxylation sites is 1. The fourth-order valence-corrected chi connectivity index (χ4v) is 9.80. The first-order valence-corrected chi connectivity index (χ1v) is 20.7. The van der Waals surface area contributed by atoms with Gasteiger partial charge in [0.15, 0.2) is 5.82 Å². The first kappa shape index (κ1) is 34.4. The summed E-state index contributed by atoms with van der Waals surface area (Å²) in [6, 6.07) is 72.6. The predicted molar refractivity (Wildman–Crippen MR) is 251 cm³/mol. The molecule has 1 aliphatic carbocycles. The molecule has 0 bridgehead atoms. The van der Waals surface area contributed by atoms with E-state index in [1.165, 1.54) is 71.6 Å². The maximum Gasteiger partial charge on any atom is 0.160 e. The second-order valence-electron chi connectivity index (χ2n) is 16.6. The lowest BCUT2D eigenvalue weighted by Crippen LogP contribution is -2.14. The van der Waals surface area contributed by atoms with E-state index < -0.39 is 0 Å². The molecule has 0 spiro atoms. The Hall–Kier alpha value is -7.62. The first-order chi connectivity index (χ1) is 29.5. The monoisotopic (exact) mass is 765 g/mol. The second-order valence-corrected chi connectivity index (χ2v) is 16.6. The summed E-state index contributed by atoms with van der Waals surface area (Å²) in [6.07, 6.45) is 0. The molecule has 2 heterocycles. The summed E-state index contributed by atoms with van der Waals surface area (Å²) in [4.78, 5) is 10.3. The van der Waals surface area contributed by atoms with Crippen LogP contribution >= 0.6 is 0 Å². The van der Waals surface area contributed by atoms with Gasteiger partial charge in [-0.05, 0) is 92.4 Å². The molecule has 0 amide bonds. The van der Waals surface area contributed by atoms with Crippen molar-refractivity contribution in [2.75, 3.05) is 0 Å². The molecule has 0 atom stereocenters. The number of rotatable bonds is 5. The van der Waals surface area contributed by atoms with Crippen molar-refractivity contribution in [2.24, 2.45) is 0 Å². The van der Waals surface area contributed by atoms with Crippen molar-refractivity contribution in [1.82, 2.24) is 14.5 Å². The van der Waals surface area contributed by atoms with Crippen LogP contribution in [0.1, 0.15) is 25.0 Å². The lowest BCUT2D eigenvalue weighted by Gasteiger charge is -2.21. The number of hydrogen-bond acceptors (Lipinski definition) is 2. The third-order valence-electron chi connectivity index (χ3n) is 12.8. The molecule has 282 valence electrons. The molecule has 9 aromatic carbocycles. The van der Waals surface area contributed by atoms with E-state index in [9.17, 15) is 0 Å². The third-order valence-corrected chi connectivity index (χ3v) is 12.8. The van der Waals surface area contributed by atoms with Crippen molar-refractivity contribution in [3.05, 3.63) is 211 Å². The molecule has 11 aromatic rings. The molecule has 0 saturated heterocycles. The van der Waals surface area contributed by atoms with Crippen LogP contribution in [0.3, 0.4) is 0 Å². The van der Waals surface area contributed by atoms with Gasteiger partial charge in [-0.2, -0.15) is 0 Å². The van der Waals surface area contributed by atoms with E-state index in [0.29, 0.717) is 5.82 Å². The molecular formula is C57H39N3. The third kappa shape index (κ3) is 5.29. The molecular weight excluding hydrogens is 727 g/mol. The van der Waals surface area contributed by atoms with Gasteiger partial charge in [-0.3, -0.25) is 0 Å². The highest BCUT2D eigenvalue weighted by Crippen LogP contribution is 2.50. The maximum atomic E-state index is 5.19. The molecule has 0 aliphatic heterocycles. The Bertz CT molecular complexity index is 3510. The van der Waals surface area contributed by atoms with Gasteiger partial charge < -0.3 is 4.57 Å². The van der Waals surface area contributed by atoms with Gasteiger partial charge in [-0.1, -0.05) is 172 Å². The highest BCUT2D eigenvalue weighted by molar-refractivity contribution is 6.12. The van der Waals surface area contributed by atoms with Gasteiger partial charge in [0.25, 0.3) is 0 Å². The van der Waals surface area contributed by atoms with Crippen molar-refractivity contribution >= 4 is 43.5 Å². The Labute approximate surface area is 348 Å². The van der Waals surface area contributed by atoms with Crippen molar-refractivity contribution in [2.45, 2.75) is 19.3 Å². The largest absolute Gasteiger partial charge is 0.309 e. The van der Waals surface area contributed by atoms with E-state index in [0.717, 1.165) is 38.9 Å². The van der Waals surface area contributed by atoms with Crippen molar-refractivity contribution < 1.29 is 0 Å². The van der Waals surface area contributed by atoms with Crippen LogP contribution in [0.5, 0.6) is 0 Å². The van der Waals surface area contributed by atoms with Crippen LogP contribution in [0.4, 0.5) is 0 Å². The van der Waals surface area contributed by atoms with Crippen LogP contribution in [-0.4, -0.2) is 14.5 Å². The zero-order valence-electron chi connectivity index (χ0n) is 33.4. The molecule has 0 radical (unpaired) electrons. The average molecular weight is 766 g/mol. The molecule has 2 aromatic heterocycles. The summed E-state index contributed by atoms with van der Waals surface area (Å²) in [6.45, 7) is 4.68. The standard InChI is InChI=1S/C57H39N3/c1-57(2)49-23-10-8-21-44(49)47-33-39(27-30-50(47)57)40-28-31-53-48(34-40)45-29-26-41(35-54(45)60(53)52-25-13-17-36-14-6-7-20-43(36)52)38-18-12-19-42(32-38)56-58-51-24-11-9-22-46(51)55(59-56)37-15-4-3-5-16-37/h3-35H,1-2H3. The predicted octanol–water partition coefficient (Wildman–Crippen LogP) is 14.9. The van der Waals surface area contributed by atoms with Crippen LogP contribution in [0.2, 0.25) is 0 Å². The van der Waals surface area contributed by atoms with Gasteiger partial charge in [0, 0.05) is 38.1 Å². The molecule has 3 heteroatoms. The molecule has 0 N–H and O–H groups in total. The highest BCUT2D eigenvalue weighted by atomic mass is 15.0. The molecule has 60 heavy (non-hydrogen) atoms. The topological polar surface area (TPSA) is 30.7 Å². The van der Waals surface area contributed by atoms with Crippen molar-refractivity contribution in [3.8, 4) is 61.7 Å². The number of hydrogen-bond donors (Lipinski definition) is 0. The molecule has 0 fully saturated rings. The highest BCUT2D eigenvalue weighted by Gasteiger charge is 2.35. The van der Waals surface area contributed by atoms with Gasteiger partial charge in [0.1, 0.15) is 0 Å². The van der Waals surface area contributed by atoms with Crippen LogP contribution in [-0.2, 0) is 5.41 Å². The fraction of sp³-hybridized carbons (Fsp3) is 0.0526. The zero-order chi connectivity index (χ0) is 40.0. The van der Waals surface area contributed by atoms with Gasteiger partial charge in [0.2, 0.25) is 0 Å². The van der Waals surface area contributed by atoms with E-state index in [1.54, 1.807) is 0 Å². The fourth-order valence-electron chi connectivity index (χ4n) is 9.80. The lowest BCUT2D eigenvalue weighted by molar-refractivity contribution is 0.660. The van der Waals surface area contributed by atoms with Gasteiger partial charge in [-0.25, -0.2) is 9.97 Å². The number of nitrogens with zero attached hydrogens (tertiary/aromatic N) is 3. The van der Waals surface area contributed by atoms with E-state index in [4.69, 9.17) is 9.97 Å². The summed E-state index contributed by atoms with van der Waals surface area (Å²) in [5.74, 6) is 0.714. The van der Waals surface area contributed by atoms with Crippen LogP contribution in [0.25, 0.3) is 105 Å². The number of aromatic nitrogens is 3. The minimum absolute atomic E-state index is 0.0227. The Balaban J connectivity index is 1.03. The van der Waals surface area contributed by atoms with Gasteiger partial charge in [0.05, 0.1) is 27.9 Å². The van der Waals surface area contributed by atoms with E-state index in [1.807, 2.05) is 12.1 Å². The van der Waals surface area contributed by atoms with Gasteiger partial charge in [-0.15, -0.1) is 0 Å². The molecule has 1 aliphatic rings. The average Bonchev–Trinajstić information content (AvgIpc) is 3.75. The summed E-state index contributed by atoms with van der Waals surface area (Å²) in [5, 5.41) is 5.94.